The SMILES string of the molecule is O=C(Cc1csc2nc(-c3ccc(F)cc3)cn12)NCC1(c2ccccc2)CCC1. The number of fused-ring (bicyclic) bond motifs is 1. The molecule has 1 aliphatic carbocycles. The fraction of sp³-hybridized carbons (Fsp3) is 0.250. The molecule has 0 radical (unpaired) electrons. The molecule has 6 heteroatoms. The molecule has 4 nitrogen and oxygen atoms in total. The number of thiazole rings is 1. The molecule has 0 atom stereocenters. The zero-order chi connectivity index (χ0) is 20.6. The second kappa shape index (κ2) is 7.69. The summed E-state index contributed by atoms with van der Waals surface area (Å²) < 4.78 is 15.1. The molecule has 1 N–H and O–H groups in total. The van der Waals surface area contributed by atoms with E-state index in [9.17, 15) is 9.18 Å². The van der Waals surface area contributed by atoms with Gasteiger partial charge in [-0.3, -0.25) is 9.20 Å². The van der Waals surface area contributed by atoms with Gasteiger partial charge in [0.2, 0.25) is 5.91 Å². The monoisotopic (exact) mass is 419 g/mol. The van der Waals surface area contributed by atoms with E-state index in [0.717, 1.165) is 34.8 Å². The van der Waals surface area contributed by atoms with Crippen LogP contribution >= 0.6 is 11.3 Å². The lowest BCUT2D eigenvalue weighted by Crippen LogP contribution is -2.45. The summed E-state index contributed by atoms with van der Waals surface area (Å²) in [5.74, 6) is -0.245. The number of rotatable bonds is 6. The number of amides is 1. The molecular weight excluding hydrogens is 397 g/mol. The van der Waals surface area contributed by atoms with Gasteiger partial charge in [0.1, 0.15) is 5.82 Å². The molecule has 0 bridgehead atoms. The number of nitrogens with zero attached hydrogens (tertiary/aromatic N) is 2. The predicted octanol–water partition coefficient (Wildman–Crippen LogP) is 4.98. The lowest BCUT2D eigenvalue weighted by atomic mass is 9.64. The van der Waals surface area contributed by atoms with Crippen molar-refractivity contribution in [3.05, 3.63) is 83.2 Å². The van der Waals surface area contributed by atoms with Crippen LogP contribution in [0.15, 0.2) is 66.2 Å². The molecule has 5 rings (SSSR count). The number of carbonyl (C=O) groups is 1. The number of aromatic nitrogens is 2. The molecule has 0 spiro atoms. The van der Waals surface area contributed by atoms with Gasteiger partial charge in [-0.25, -0.2) is 9.37 Å². The first kappa shape index (κ1) is 19.0. The van der Waals surface area contributed by atoms with Crippen LogP contribution in [0.2, 0.25) is 0 Å². The largest absolute Gasteiger partial charge is 0.355 e. The first-order valence-electron chi connectivity index (χ1n) is 10.2. The van der Waals surface area contributed by atoms with Crippen LogP contribution in [-0.4, -0.2) is 21.8 Å². The maximum absolute atomic E-state index is 13.2. The van der Waals surface area contributed by atoms with Gasteiger partial charge in [0.15, 0.2) is 4.96 Å². The van der Waals surface area contributed by atoms with E-state index in [4.69, 9.17) is 0 Å². The van der Waals surface area contributed by atoms with Crippen molar-refractivity contribution in [1.82, 2.24) is 14.7 Å². The highest BCUT2D eigenvalue weighted by Gasteiger charge is 2.38. The molecule has 1 amide bonds. The van der Waals surface area contributed by atoms with Gasteiger partial charge in [-0.15, -0.1) is 11.3 Å². The zero-order valence-corrected chi connectivity index (χ0v) is 17.3. The predicted molar refractivity (Wildman–Crippen MR) is 117 cm³/mol. The summed E-state index contributed by atoms with van der Waals surface area (Å²) in [7, 11) is 0. The summed E-state index contributed by atoms with van der Waals surface area (Å²) >= 11 is 1.51. The average Bonchev–Trinajstić information content (AvgIpc) is 3.31. The number of benzene rings is 2. The number of halogens is 1. The lowest BCUT2D eigenvalue weighted by molar-refractivity contribution is -0.121. The molecule has 2 aromatic carbocycles. The van der Waals surface area contributed by atoms with E-state index in [0.29, 0.717) is 13.0 Å². The number of hydrogen-bond acceptors (Lipinski definition) is 3. The maximum Gasteiger partial charge on any atom is 0.226 e. The molecule has 0 unspecified atom stereocenters. The highest BCUT2D eigenvalue weighted by atomic mass is 32.1. The first-order valence-corrected chi connectivity index (χ1v) is 11.0. The second-order valence-electron chi connectivity index (χ2n) is 7.97. The van der Waals surface area contributed by atoms with Gasteiger partial charge in [-0.2, -0.15) is 0 Å². The van der Waals surface area contributed by atoms with Crippen molar-refractivity contribution >= 4 is 22.2 Å². The quantitative estimate of drug-likeness (QED) is 0.479. The Bertz CT molecular complexity index is 1180. The fourth-order valence-corrected chi connectivity index (χ4v) is 5.05. The van der Waals surface area contributed by atoms with Crippen molar-refractivity contribution < 1.29 is 9.18 Å². The van der Waals surface area contributed by atoms with Gasteiger partial charge in [0, 0.05) is 34.8 Å². The van der Waals surface area contributed by atoms with Gasteiger partial charge >= 0.3 is 0 Å². The smallest absolute Gasteiger partial charge is 0.226 e. The third kappa shape index (κ3) is 3.52. The van der Waals surface area contributed by atoms with Gasteiger partial charge < -0.3 is 5.32 Å². The Morgan fingerprint density at radius 3 is 2.60 bits per heavy atom. The Morgan fingerprint density at radius 2 is 1.90 bits per heavy atom. The minimum absolute atomic E-state index is 0.0222. The highest BCUT2D eigenvalue weighted by molar-refractivity contribution is 7.15. The normalized spacial score (nSPS) is 15.1. The van der Waals surface area contributed by atoms with Crippen LogP contribution in [0.25, 0.3) is 16.2 Å². The van der Waals surface area contributed by atoms with Crippen molar-refractivity contribution in [2.45, 2.75) is 31.1 Å². The second-order valence-corrected chi connectivity index (χ2v) is 8.80. The molecular formula is C24H22FN3OS. The van der Waals surface area contributed by atoms with Crippen LogP contribution < -0.4 is 5.32 Å². The molecule has 30 heavy (non-hydrogen) atoms. The lowest BCUT2D eigenvalue weighted by Gasteiger charge is -2.42. The van der Waals surface area contributed by atoms with Gasteiger partial charge in [-0.1, -0.05) is 36.8 Å². The molecule has 0 saturated heterocycles. The summed E-state index contributed by atoms with van der Waals surface area (Å²) in [6, 6.07) is 16.8. The molecule has 2 aromatic heterocycles. The summed E-state index contributed by atoms with van der Waals surface area (Å²) in [6.45, 7) is 0.674. The number of imidazole rings is 1. The van der Waals surface area contributed by atoms with Crippen LogP contribution in [-0.2, 0) is 16.6 Å². The van der Waals surface area contributed by atoms with Crippen molar-refractivity contribution in [1.29, 1.82) is 0 Å². The molecule has 1 fully saturated rings. The molecule has 4 aromatic rings. The van der Waals surface area contributed by atoms with E-state index < -0.39 is 0 Å². The van der Waals surface area contributed by atoms with Gasteiger partial charge in [-0.05, 0) is 42.7 Å². The van der Waals surface area contributed by atoms with Gasteiger partial charge in [0.25, 0.3) is 0 Å². The van der Waals surface area contributed by atoms with E-state index in [1.807, 2.05) is 22.0 Å². The molecule has 152 valence electrons. The Balaban J connectivity index is 1.28. The van der Waals surface area contributed by atoms with E-state index in [1.165, 1.54) is 35.5 Å². The Morgan fingerprint density at radius 1 is 1.13 bits per heavy atom. The topological polar surface area (TPSA) is 46.4 Å². The standard InChI is InChI=1S/C24H22FN3OS/c25-19-9-7-17(8-10-19)21-14-28-20(15-30-23(28)27-21)13-22(29)26-16-24(11-4-12-24)18-5-2-1-3-6-18/h1-3,5-10,14-15H,4,11-13,16H2,(H,26,29). The fourth-order valence-electron chi connectivity index (χ4n) is 4.17. The van der Waals surface area contributed by atoms with Crippen LogP contribution in [0.5, 0.6) is 0 Å². The molecule has 2 heterocycles. The third-order valence-corrected chi connectivity index (χ3v) is 6.97. The molecule has 0 aliphatic heterocycles. The van der Waals surface area contributed by atoms with E-state index in [-0.39, 0.29) is 17.1 Å². The summed E-state index contributed by atoms with van der Waals surface area (Å²) in [5.41, 5.74) is 3.94. The summed E-state index contributed by atoms with van der Waals surface area (Å²) in [6.07, 6.45) is 5.66. The maximum atomic E-state index is 13.2. The molecule has 1 aliphatic rings. The van der Waals surface area contributed by atoms with Crippen LogP contribution in [0, 0.1) is 5.82 Å². The minimum atomic E-state index is -0.267. The number of nitrogens with one attached hydrogen (secondary N) is 1. The summed E-state index contributed by atoms with van der Waals surface area (Å²) in [5, 5.41) is 5.14. The van der Waals surface area contributed by atoms with Gasteiger partial charge in [0.05, 0.1) is 12.1 Å². The number of carbonyl (C=O) groups excluding carboxylic acids is 1. The molecule has 1 saturated carbocycles. The highest BCUT2D eigenvalue weighted by Crippen LogP contribution is 2.43. The average molecular weight is 420 g/mol. The Labute approximate surface area is 178 Å². The van der Waals surface area contributed by atoms with Crippen LogP contribution in [0.3, 0.4) is 0 Å². The minimum Gasteiger partial charge on any atom is -0.355 e. The summed E-state index contributed by atoms with van der Waals surface area (Å²) in [4.78, 5) is 18.2. The Kier molecular flexibility index (Phi) is 4.87. The third-order valence-electron chi connectivity index (χ3n) is 6.09. The zero-order valence-electron chi connectivity index (χ0n) is 16.5. The Hall–Kier alpha value is -2.99. The van der Waals surface area contributed by atoms with E-state index in [1.54, 1.807) is 12.1 Å². The van der Waals surface area contributed by atoms with Crippen LogP contribution in [0.1, 0.15) is 30.5 Å². The van der Waals surface area contributed by atoms with E-state index >= 15 is 0 Å². The van der Waals surface area contributed by atoms with Crippen LogP contribution in [0.4, 0.5) is 4.39 Å². The van der Waals surface area contributed by atoms with E-state index in [2.05, 4.69) is 34.6 Å². The number of hydrogen-bond donors (Lipinski definition) is 1. The van der Waals surface area contributed by atoms with Crippen molar-refractivity contribution in [3.8, 4) is 11.3 Å². The van der Waals surface area contributed by atoms with Crippen molar-refractivity contribution in [3.63, 3.8) is 0 Å². The first-order chi connectivity index (χ1) is 14.6. The van der Waals surface area contributed by atoms with Crippen molar-refractivity contribution in [2.24, 2.45) is 0 Å². The van der Waals surface area contributed by atoms with Crippen molar-refractivity contribution in [2.75, 3.05) is 6.54 Å².